The number of hydrogen-bond donors (Lipinski definition) is 3. The Hall–Kier alpha value is -2.26. The summed E-state index contributed by atoms with van der Waals surface area (Å²) >= 11 is 1.47. The Morgan fingerprint density at radius 3 is 2.27 bits per heavy atom. The van der Waals surface area contributed by atoms with Crippen LogP contribution in [0.2, 0.25) is 0 Å². The molecule has 1 rings (SSSR count). The molecule has 1 unspecified atom stereocenters. The van der Waals surface area contributed by atoms with Crippen LogP contribution >= 0.6 is 11.8 Å². The zero-order valence-electron chi connectivity index (χ0n) is 19.6. The molecule has 33 heavy (non-hydrogen) atoms. The van der Waals surface area contributed by atoms with Gasteiger partial charge in [-0.25, -0.2) is 10.5 Å². The second-order valence-electron chi connectivity index (χ2n) is 8.10. The van der Waals surface area contributed by atoms with E-state index >= 15 is 0 Å². The van der Waals surface area contributed by atoms with Crippen LogP contribution in [-0.2, 0) is 11.0 Å². The quantitative estimate of drug-likeness (QED) is 0.128. The smallest absolute Gasteiger partial charge is 0.358 e. The molecule has 1 aromatic rings. The fourth-order valence-corrected chi connectivity index (χ4v) is 3.82. The number of hydroxylamine groups is 1. The fourth-order valence-electron chi connectivity index (χ4n) is 2.81. The summed E-state index contributed by atoms with van der Waals surface area (Å²) in [5.74, 6) is 0.420. The molecule has 3 N–H and O–H groups in total. The molecule has 1 heterocycles. The van der Waals surface area contributed by atoms with Gasteiger partial charge in [0.15, 0.2) is 0 Å². The van der Waals surface area contributed by atoms with Gasteiger partial charge in [0, 0.05) is 17.7 Å². The van der Waals surface area contributed by atoms with Crippen LogP contribution in [-0.4, -0.2) is 33.6 Å². The van der Waals surface area contributed by atoms with E-state index in [0.717, 1.165) is 37.8 Å². The monoisotopic (exact) mass is 485 g/mol. The van der Waals surface area contributed by atoms with Gasteiger partial charge in [-0.05, 0) is 65.5 Å². The topological polar surface area (TPSA) is 74.2 Å². The van der Waals surface area contributed by atoms with Crippen molar-refractivity contribution in [1.82, 2.24) is 10.5 Å². The largest absolute Gasteiger partial charge is 0.417 e. The van der Waals surface area contributed by atoms with Crippen molar-refractivity contribution < 1.29 is 23.2 Å². The lowest BCUT2D eigenvalue weighted by Crippen LogP contribution is -2.40. The Bertz CT molecular complexity index is 830. The highest BCUT2D eigenvalue weighted by Gasteiger charge is 2.30. The molecule has 0 bridgehead atoms. The van der Waals surface area contributed by atoms with E-state index < -0.39 is 23.7 Å². The van der Waals surface area contributed by atoms with E-state index in [1.807, 2.05) is 0 Å². The van der Waals surface area contributed by atoms with Gasteiger partial charge in [-0.15, -0.1) is 0 Å². The van der Waals surface area contributed by atoms with Crippen LogP contribution in [0.4, 0.5) is 19.0 Å². The van der Waals surface area contributed by atoms with Gasteiger partial charge in [0.05, 0.1) is 5.56 Å². The number of rotatable bonds is 13. The molecule has 184 valence electrons. The maximum absolute atomic E-state index is 12.7. The van der Waals surface area contributed by atoms with Crippen molar-refractivity contribution in [3.05, 3.63) is 58.8 Å². The van der Waals surface area contributed by atoms with Crippen LogP contribution in [0.15, 0.2) is 53.3 Å². The number of anilines is 1. The number of alkyl halides is 3. The van der Waals surface area contributed by atoms with E-state index in [2.05, 4.69) is 56.2 Å². The molecule has 0 fully saturated rings. The van der Waals surface area contributed by atoms with Crippen molar-refractivity contribution >= 4 is 23.5 Å². The first-order valence-electron chi connectivity index (χ1n) is 10.8. The second-order valence-corrected chi connectivity index (χ2v) is 9.18. The maximum Gasteiger partial charge on any atom is 0.417 e. The van der Waals surface area contributed by atoms with Gasteiger partial charge in [-0.1, -0.05) is 34.9 Å². The van der Waals surface area contributed by atoms with Crippen LogP contribution in [0.5, 0.6) is 0 Å². The molecular weight excluding hydrogens is 451 g/mol. The Morgan fingerprint density at radius 2 is 1.73 bits per heavy atom. The number of nitrogens with zero attached hydrogens (tertiary/aromatic N) is 1. The molecule has 0 aliphatic carbocycles. The van der Waals surface area contributed by atoms with Crippen LogP contribution in [0.3, 0.4) is 0 Å². The Labute approximate surface area is 198 Å². The molecule has 9 heteroatoms. The minimum atomic E-state index is -4.48. The van der Waals surface area contributed by atoms with E-state index in [9.17, 15) is 18.0 Å². The molecule has 0 radical (unpaired) electrons. The van der Waals surface area contributed by atoms with Gasteiger partial charge in [-0.3, -0.25) is 10.0 Å². The summed E-state index contributed by atoms with van der Waals surface area (Å²) in [4.78, 5) is 15.6. The van der Waals surface area contributed by atoms with Gasteiger partial charge in [0.1, 0.15) is 11.9 Å². The van der Waals surface area contributed by atoms with Gasteiger partial charge in [0.25, 0.3) is 5.91 Å². The van der Waals surface area contributed by atoms with Crippen LogP contribution in [0.25, 0.3) is 0 Å². The number of halogens is 3. The van der Waals surface area contributed by atoms with Crippen LogP contribution < -0.4 is 10.8 Å². The molecule has 1 atom stereocenters. The Kier molecular flexibility index (Phi) is 12.9. The minimum absolute atomic E-state index is 0.121. The van der Waals surface area contributed by atoms with E-state index in [4.69, 9.17) is 5.21 Å². The zero-order valence-corrected chi connectivity index (χ0v) is 20.4. The molecule has 0 aromatic carbocycles. The highest BCUT2D eigenvalue weighted by molar-refractivity contribution is 7.99. The average molecular weight is 486 g/mol. The standard InChI is InChI=1S/C24H34F3N3O2S/c1-17(2)7-5-8-18(3)9-6-10-19(4)13-14-33-16-21(23(31)30-32)29-22-12-11-20(15-28-22)24(25,26)27/h7,9,11-13,15,21,32H,5-6,8,10,14,16H2,1-4H3,(H,28,29)(H,30,31). The van der Waals surface area contributed by atoms with Crippen molar-refractivity contribution in [2.24, 2.45) is 0 Å². The first-order chi connectivity index (χ1) is 15.5. The van der Waals surface area contributed by atoms with Crippen molar-refractivity contribution in [2.75, 3.05) is 16.8 Å². The van der Waals surface area contributed by atoms with E-state index in [1.54, 1.807) is 5.48 Å². The molecule has 0 aliphatic heterocycles. The van der Waals surface area contributed by atoms with E-state index in [1.165, 1.54) is 28.5 Å². The summed E-state index contributed by atoms with van der Waals surface area (Å²) in [6.45, 7) is 8.42. The summed E-state index contributed by atoms with van der Waals surface area (Å²) in [6.07, 6.45) is 6.90. The number of hydrogen-bond acceptors (Lipinski definition) is 5. The summed E-state index contributed by atoms with van der Waals surface area (Å²) < 4.78 is 38.0. The number of amides is 1. The zero-order chi connectivity index (χ0) is 24.9. The normalized spacial score (nSPS) is 13.5. The number of thioether (sulfide) groups is 1. The van der Waals surface area contributed by atoms with Gasteiger partial charge in [-0.2, -0.15) is 24.9 Å². The third-order valence-corrected chi connectivity index (χ3v) is 5.77. The first-order valence-corrected chi connectivity index (χ1v) is 11.9. The van der Waals surface area contributed by atoms with Gasteiger partial charge < -0.3 is 5.32 Å². The molecule has 0 saturated heterocycles. The minimum Gasteiger partial charge on any atom is -0.358 e. The molecule has 1 aromatic heterocycles. The molecule has 0 aliphatic rings. The summed E-state index contributed by atoms with van der Waals surface area (Å²) in [6, 6.07) is 1.20. The lowest BCUT2D eigenvalue weighted by Gasteiger charge is -2.17. The molecular formula is C24H34F3N3O2S. The molecule has 1 amide bonds. The number of carbonyl (C=O) groups excluding carboxylic acids is 1. The summed E-state index contributed by atoms with van der Waals surface area (Å²) in [5, 5.41) is 11.7. The first kappa shape index (κ1) is 28.8. The van der Waals surface area contributed by atoms with Crippen LogP contribution in [0, 0.1) is 0 Å². The Morgan fingerprint density at radius 1 is 1.09 bits per heavy atom. The number of nitrogens with one attached hydrogen (secondary N) is 2. The van der Waals surface area contributed by atoms with Crippen molar-refractivity contribution in [3.63, 3.8) is 0 Å². The lowest BCUT2D eigenvalue weighted by molar-refractivity contribution is -0.137. The van der Waals surface area contributed by atoms with Gasteiger partial charge in [0.2, 0.25) is 0 Å². The number of pyridine rings is 1. The lowest BCUT2D eigenvalue weighted by atomic mass is 10.1. The van der Waals surface area contributed by atoms with Crippen molar-refractivity contribution in [2.45, 2.75) is 65.6 Å². The predicted octanol–water partition coefficient (Wildman–Crippen LogP) is 6.54. The van der Waals surface area contributed by atoms with Gasteiger partial charge >= 0.3 is 6.18 Å². The Balaban J connectivity index is 2.48. The average Bonchev–Trinajstić information content (AvgIpc) is 2.74. The number of carbonyl (C=O) groups is 1. The number of allylic oxidation sites excluding steroid dienone is 5. The van der Waals surface area contributed by atoms with Crippen molar-refractivity contribution in [3.8, 4) is 0 Å². The molecule has 0 spiro atoms. The fraction of sp³-hybridized carbons (Fsp3) is 0.500. The second kappa shape index (κ2) is 14.8. The maximum atomic E-state index is 12.7. The summed E-state index contributed by atoms with van der Waals surface area (Å²) in [7, 11) is 0. The van der Waals surface area contributed by atoms with E-state index in [0.29, 0.717) is 17.7 Å². The predicted molar refractivity (Wildman–Crippen MR) is 129 cm³/mol. The number of aromatic nitrogens is 1. The highest BCUT2D eigenvalue weighted by Crippen LogP contribution is 2.29. The summed E-state index contributed by atoms with van der Waals surface area (Å²) in [5.41, 5.74) is 4.68. The van der Waals surface area contributed by atoms with Crippen LogP contribution in [0.1, 0.15) is 58.9 Å². The SMILES string of the molecule is CC(C)=CCCC(C)=CCCC(C)=CCSCC(Nc1ccc(C(F)(F)F)cn1)C(=O)NO. The molecule has 0 saturated carbocycles. The third kappa shape index (κ3) is 12.5. The van der Waals surface area contributed by atoms with E-state index in [-0.39, 0.29) is 5.82 Å². The van der Waals surface area contributed by atoms with Crippen molar-refractivity contribution in [1.29, 1.82) is 0 Å². The third-order valence-electron chi connectivity index (χ3n) is 4.80. The molecule has 5 nitrogen and oxygen atoms in total. The highest BCUT2D eigenvalue weighted by atomic mass is 32.2.